The molecule has 0 amide bonds. The quantitative estimate of drug-likeness (QED) is 0.413. The van der Waals surface area contributed by atoms with Crippen LogP contribution in [-0.4, -0.2) is 30.1 Å². The van der Waals surface area contributed by atoms with Crippen molar-refractivity contribution >= 4 is 11.8 Å². The Morgan fingerprint density at radius 2 is 2.39 bits per heavy atom. The van der Waals surface area contributed by atoms with Crippen LogP contribution >= 0.6 is 0 Å². The largest absolute Gasteiger partial charge is 0.466 e. The van der Waals surface area contributed by atoms with Crippen LogP contribution in [-0.2, 0) is 19.1 Å². The van der Waals surface area contributed by atoms with E-state index >= 15 is 0 Å². The Hall–Kier alpha value is -1.16. The van der Waals surface area contributed by atoms with Gasteiger partial charge < -0.3 is 9.47 Å². The number of carbonyl (C=O) groups is 2. The zero-order chi connectivity index (χ0) is 13.0. The van der Waals surface area contributed by atoms with Crippen molar-refractivity contribution in [1.82, 2.24) is 0 Å². The molecule has 0 aliphatic carbocycles. The molecule has 0 N–H and O–H groups in total. The minimum absolute atomic E-state index is 0.0173. The van der Waals surface area contributed by atoms with E-state index in [9.17, 15) is 9.59 Å². The van der Waals surface area contributed by atoms with Gasteiger partial charge in [-0.25, -0.2) is 0 Å². The predicted molar refractivity (Wildman–Crippen MR) is 66.1 cm³/mol. The van der Waals surface area contributed by atoms with E-state index in [1.54, 1.807) is 0 Å². The smallest absolute Gasteiger partial charge is 0.305 e. The van der Waals surface area contributed by atoms with Crippen molar-refractivity contribution in [2.75, 3.05) is 6.61 Å². The second-order valence-corrected chi connectivity index (χ2v) is 5.01. The van der Waals surface area contributed by atoms with E-state index in [-0.39, 0.29) is 23.5 Å². The van der Waals surface area contributed by atoms with Gasteiger partial charge in [0.1, 0.15) is 5.78 Å². The average molecular weight is 252 g/mol. The first-order valence-electron chi connectivity index (χ1n) is 6.68. The molecule has 2 rings (SSSR count). The Labute approximate surface area is 107 Å². The van der Waals surface area contributed by atoms with Gasteiger partial charge in [0.25, 0.3) is 0 Å². The van der Waals surface area contributed by atoms with Gasteiger partial charge in [-0.2, -0.15) is 0 Å². The van der Waals surface area contributed by atoms with Gasteiger partial charge in [-0.15, -0.1) is 0 Å². The molecule has 2 aliphatic heterocycles. The lowest BCUT2D eigenvalue weighted by atomic mass is 9.89. The first kappa shape index (κ1) is 13.3. The first-order chi connectivity index (χ1) is 8.63. The zero-order valence-corrected chi connectivity index (χ0v) is 10.8. The highest BCUT2D eigenvalue weighted by Gasteiger charge is 2.41. The minimum Gasteiger partial charge on any atom is -0.466 e. The van der Waals surface area contributed by atoms with Gasteiger partial charge in [0, 0.05) is 19.3 Å². The van der Waals surface area contributed by atoms with E-state index in [2.05, 4.69) is 0 Å². The molecule has 2 bridgehead atoms. The van der Waals surface area contributed by atoms with E-state index in [4.69, 9.17) is 9.47 Å². The second kappa shape index (κ2) is 5.65. The standard InChI is InChI=1S/C14H20O4/c1-2-17-13(16)5-3-4-7-14-8-6-12(18-14)9-11(15)10-14/h6,8,12H,2-5,7,9-10H2,1H3. The molecule has 0 aromatic rings. The van der Waals surface area contributed by atoms with E-state index in [1.165, 1.54) is 0 Å². The molecule has 0 aromatic carbocycles. The van der Waals surface area contributed by atoms with Crippen LogP contribution in [0, 0.1) is 0 Å². The Kier molecular flexibility index (Phi) is 4.17. The summed E-state index contributed by atoms with van der Waals surface area (Å²) in [5.41, 5.74) is -0.380. The van der Waals surface area contributed by atoms with Crippen LogP contribution in [0.15, 0.2) is 12.2 Å². The summed E-state index contributed by atoms with van der Waals surface area (Å²) in [6, 6.07) is 0. The molecule has 2 unspecified atom stereocenters. The van der Waals surface area contributed by atoms with Crippen molar-refractivity contribution in [1.29, 1.82) is 0 Å². The summed E-state index contributed by atoms with van der Waals surface area (Å²) in [7, 11) is 0. The summed E-state index contributed by atoms with van der Waals surface area (Å²) >= 11 is 0. The van der Waals surface area contributed by atoms with Gasteiger partial charge >= 0.3 is 5.97 Å². The highest BCUT2D eigenvalue weighted by atomic mass is 16.5. The van der Waals surface area contributed by atoms with Crippen LogP contribution in [0.3, 0.4) is 0 Å². The molecule has 4 heteroatoms. The van der Waals surface area contributed by atoms with E-state index < -0.39 is 0 Å². The van der Waals surface area contributed by atoms with Crippen molar-refractivity contribution in [3.63, 3.8) is 0 Å². The lowest BCUT2D eigenvalue weighted by molar-refractivity contribution is -0.144. The first-order valence-corrected chi connectivity index (χ1v) is 6.68. The van der Waals surface area contributed by atoms with E-state index in [1.807, 2.05) is 19.1 Å². The number of ether oxygens (including phenoxy) is 2. The molecule has 0 radical (unpaired) electrons. The van der Waals surface area contributed by atoms with Gasteiger partial charge in [0.15, 0.2) is 0 Å². The number of hydrogen-bond acceptors (Lipinski definition) is 4. The summed E-state index contributed by atoms with van der Waals surface area (Å²) < 4.78 is 10.7. The Morgan fingerprint density at radius 1 is 1.56 bits per heavy atom. The highest BCUT2D eigenvalue weighted by molar-refractivity contribution is 5.82. The van der Waals surface area contributed by atoms with Gasteiger partial charge in [0.2, 0.25) is 0 Å². The van der Waals surface area contributed by atoms with Crippen molar-refractivity contribution in [3.05, 3.63) is 12.2 Å². The number of fused-ring (bicyclic) bond motifs is 2. The maximum Gasteiger partial charge on any atom is 0.305 e. The Balaban J connectivity index is 1.72. The van der Waals surface area contributed by atoms with E-state index in [0.717, 1.165) is 19.3 Å². The molecule has 1 saturated heterocycles. The third kappa shape index (κ3) is 3.19. The molecule has 4 nitrogen and oxygen atoms in total. The summed E-state index contributed by atoms with van der Waals surface area (Å²) in [6.45, 7) is 2.24. The van der Waals surface area contributed by atoms with Crippen LogP contribution in [0.1, 0.15) is 45.4 Å². The molecular weight excluding hydrogens is 232 g/mol. The highest BCUT2D eigenvalue weighted by Crippen LogP contribution is 2.38. The number of Topliss-reactive ketones (excluding diaryl/α,β-unsaturated/α-hetero) is 1. The topological polar surface area (TPSA) is 52.6 Å². The predicted octanol–water partition coefficient (Wildman–Crippen LogP) is 2.17. The Bertz CT molecular complexity index is 361. The van der Waals surface area contributed by atoms with Crippen LogP contribution in [0.2, 0.25) is 0 Å². The fourth-order valence-corrected chi connectivity index (χ4v) is 2.66. The molecule has 1 fully saturated rings. The summed E-state index contributed by atoms with van der Waals surface area (Å²) in [6.07, 6.45) is 7.94. The summed E-state index contributed by atoms with van der Waals surface area (Å²) in [5, 5.41) is 0. The molecule has 0 spiro atoms. The third-order valence-electron chi connectivity index (χ3n) is 3.46. The number of unbranched alkanes of at least 4 members (excludes halogenated alkanes) is 1. The third-order valence-corrected chi connectivity index (χ3v) is 3.46. The SMILES string of the molecule is CCOC(=O)CCCCC12C=CC(CC(=O)C1)O2. The lowest BCUT2D eigenvalue weighted by Gasteiger charge is -2.32. The van der Waals surface area contributed by atoms with Crippen molar-refractivity contribution in [3.8, 4) is 0 Å². The maximum atomic E-state index is 11.6. The van der Waals surface area contributed by atoms with Crippen molar-refractivity contribution < 1.29 is 19.1 Å². The monoisotopic (exact) mass is 252 g/mol. The molecule has 100 valence electrons. The van der Waals surface area contributed by atoms with Crippen LogP contribution in [0.4, 0.5) is 0 Å². The fraction of sp³-hybridized carbons (Fsp3) is 0.714. The Morgan fingerprint density at radius 3 is 3.17 bits per heavy atom. The molecule has 0 saturated carbocycles. The molecule has 2 heterocycles. The molecule has 0 aromatic heterocycles. The van der Waals surface area contributed by atoms with Gasteiger partial charge in [-0.1, -0.05) is 12.2 Å². The zero-order valence-electron chi connectivity index (χ0n) is 10.8. The molecule has 2 atom stereocenters. The van der Waals surface area contributed by atoms with E-state index in [0.29, 0.717) is 25.9 Å². The molecular formula is C14H20O4. The van der Waals surface area contributed by atoms with Gasteiger partial charge in [-0.05, 0) is 26.2 Å². The summed E-state index contributed by atoms with van der Waals surface area (Å²) in [4.78, 5) is 22.7. The van der Waals surface area contributed by atoms with Crippen LogP contribution in [0.5, 0.6) is 0 Å². The lowest BCUT2D eigenvalue weighted by Crippen LogP contribution is -2.38. The number of rotatable bonds is 6. The van der Waals surface area contributed by atoms with Crippen molar-refractivity contribution in [2.45, 2.75) is 57.2 Å². The second-order valence-electron chi connectivity index (χ2n) is 5.01. The van der Waals surface area contributed by atoms with Gasteiger partial charge in [-0.3, -0.25) is 9.59 Å². The maximum absolute atomic E-state index is 11.6. The van der Waals surface area contributed by atoms with Crippen molar-refractivity contribution in [2.24, 2.45) is 0 Å². The minimum atomic E-state index is -0.380. The number of ketones is 1. The normalized spacial score (nSPS) is 29.6. The number of esters is 1. The van der Waals surface area contributed by atoms with Crippen LogP contribution < -0.4 is 0 Å². The molecule has 2 aliphatic rings. The fourth-order valence-electron chi connectivity index (χ4n) is 2.66. The number of carbonyl (C=O) groups excluding carboxylic acids is 2. The van der Waals surface area contributed by atoms with Gasteiger partial charge in [0.05, 0.1) is 18.3 Å². The average Bonchev–Trinajstić information content (AvgIpc) is 2.62. The van der Waals surface area contributed by atoms with Crippen LogP contribution in [0.25, 0.3) is 0 Å². The number of hydrogen-bond donors (Lipinski definition) is 0. The molecule has 18 heavy (non-hydrogen) atoms. The summed E-state index contributed by atoms with van der Waals surface area (Å²) in [5.74, 6) is 0.136.